The summed E-state index contributed by atoms with van der Waals surface area (Å²) in [7, 11) is 1.62. The van der Waals surface area contributed by atoms with Crippen LogP contribution in [0.1, 0.15) is 0 Å². The molecule has 56 valence electrons. The molecule has 0 aliphatic rings. The Hall–Kier alpha value is -0.493. The Morgan fingerprint density at radius 2 is 2.42 bits per heavy atom. The fraction of sp³-hybridized carbons (Fsp3) is 0.125. The maximum Gasteiger partial charge on any atom is 1.00 e. The van der Waals surface area contributed by atoms with Crippen molar-refractivity contribution < 1.29 is 23.6 Å². The van der Waals surface area contributed by atoms with Crippen molar-refractivity contribution in [2.24, 2.45) is 0 Å². The summed E-state index contributed by atoms with van der Waals surface area (Å²) < 4.78 is 6.03. The molecule has 0 unspecified atom stereocenters. The summed E-state index contributed by atoms with van der Waals surface area (Å²) in [5.41, 5.74) is 0.953. The smallest absolute Gasteiger partial charge is 0.474 e. The summed E-state index contributed by atoms with van der Waals surface area (Å²) in [4.78, 5) is 4.20. The molecule has 0 aliphatic heterocycles. The molecule has 0 saturated heterocycles. The average Bonchev–Trinajstić information content (AvgIpc) is 2.46. The molecule has 0 atom stereocenters. The van der Waals surface area contributed by atoms with E-state index in [1.165, 1.54) is 11.3 Å². The van der Waals surface area contributed by atoms with E-state index in [2.05, 4.69) is 11.1 Å². The number of thiazole rings is 1. The minimum atomic E-state index is 0. The SMILES string of the molecule is COc1nc2ccc[c-]c2s1.[Li+]. The summed E-state index contributed by atoms with van der Waals surface area (Å²) in [6.45, 7) is 0. The molecule has 0 N–H and O–H groups in total. The molecule has 0 spiro atoms. The predicted molar refractivity (Wildman–Crippen MR) is 45.0 cm³/mol. The molecule has 0 saturated carbocycles. The van der Waals surface area contributed by atoms with Crippen LogP contribution < -0.4 is 23.6 Å². The van der Waals surface area contributed by atoms with Gasteiger partial charge in [-0.15, -0.1) is 17.4 Å². The van der Waals surface area contributed by atoms with Crippen LogP contribution in [0.5, 0.6) is 5.19 Å². The van der Waals surface area contributed by atoms with E-state index in [9.17, 15) is 0 Å². The van der Waals surface area contributed by atoms with Crippen LogP contribution in [-0.2, 0) is 0 Å². The second-order valence-corrected chi connectivity index (χ2v) is 3.03. The topological polar surface area (TPSA) is 22.1 Å². The van der Waals surface area contributed by atoms with Crippen molar-refractivity contribution in [2.75, 3.05) is 7.11 Å². The van der Waals surface area contributed by atoms with Crippen LogP contribution in [0.4, 0.5) is 0 Å². The van der Waals surface area contributed by atoms with Gasteiger partial charge >= 0.3 is 18.9 Å². The Morgan fingerprint density at radius 3 is 3.08 bits per heavy atom. The molecule has 1 aromatic heterocycles. The first kappa shape index (κ1) is 9.59. The van der Waals surface area contributed by atoms with Crippen LogP contribution in [0.25, 0.3) is 10.2 Å². The van der Waals surface area contributed by atoms with Crippen LogP contribution in [0.15, 0.2) is 18.2 Å². The second-order valence-electron chi connectivity index (χ2n) is 2.07. The zero-order valence-corrected chi connectivity index (χ0v) is 7.81. The molecule has 2 nitrogen and oxygen atoms in total. The standard InChI is InChI=1S/C8H6NOS.Li/c1-10-8-9-6-4-2-3-5-7(6)11-8;/h2-4H,1H3;/q-1;+1. The molecule has 2 aromatic rings. The molecule has 4 heteroatoms. The average molecular weight is 171 g/mol. The molecule has 0 aliphatic carbocycles. The van der Waals surface area contributed by atoms with Crippen LogP contribution >= 0.6 is 11.3 Å². The van der Waals surface area contributed by atoms with E-state index in [1.807, 2.05) is 18.2 Å². The molecule has 0 bridgehead atoms. The van der Waals surface area contributed by atoms with Gasteiger partial charge in [0.15, 0.2) is 0 Å². The third-order valence-electron chi connectivity index (χ3n) is 1.37. The van der Waals surface area contributed by atoms with Gasteiger partial charge in [0.2, 0.25) is 0 Å². The predicted octanol–water partition coefficient (Wildman–Crippen LogP) is -0.891. The van der Waals surface area contributed by atoms with Gasteiger partial charge in [-0.05, 0) is 5.52 Å². The van der Waals surface area contributed by atoms with Crippen LogP contribution in [0, 0.1) is 6.07 Å². The van der Waals surface area contributed by atoms with Gasteiger partial charge in [-0.25, -0.2) is 0 Å². The summed E-state index contributed by atoms with van der Waals surface area (Å²) in [5.74, 6) is 0. The zero-order chi connectivity index (χ0) is 7.68. The van der Waals surface area contributed by atoms with Gasteiger partial charge < -0.3 is 4.74 Å². The molecule has 2 rings (SSSR count). The van der Waals surface area contributed by atoms with Crippen molar-refractivity contribution in [1.82, 2.24) is 4.98 Å². The summed E-state index contributed by atoms with van der Waals surface area (Å²) in [6.07, 6.45) is 0. The molecule has 1 aromatic carbocycles. The third-order valence-corrected chi connectivity index (χ3v) is 2.34. The molecular weight excluding hydrogens is 165 g/mol. The van der Waals surface area contributed by atoms with E-state index in [1.54, 1.807) is 7.11 Å². The molecule has 1 heterocycles. The maximum atomic E-state index is 4.99. The number of methoxy groups -OCH3 is 1. The first-order chi connectivity index (χ1) is 5.40. The number of benzene rings is 1. The fourth-order valence-corrected chi connectivity index (χ4v) is 1.63. The van der Waals surface area contributed by atoms with Crippen molar-refractivity contribution in [2.45, 2.75) is 0 Å². The van der Waals surface area contributed by atoms with Crippen molar-refractivity contribution in [3.8, 4) is 5.19 Å². The third kappa shape index (κ3) is 1.64. The van der Waals surface area contributed by atoms with Gasteiger partial charge in [-0.3, -0.25) is 4.98 Å². The first-order valence-corrected chi connectivity index (χ1v) is 4.03. The molecular formula is C8H6LiNOS. The number of fused-ring (bicyclic) bond motifs is 1. The first-order valence-electron chi connectivity index (χ1n) is 3.21. The number of rotatable bonds is 1. The van der Waals surface area contributed by atoms with Gasteiger partial charge in [0, 0.05) is 0 Å². The molecule has 12 heavy (non-hydrogen) atoms. The largest absolute Gasteiger partial charge is 1.00 e. The summed E-state index contributed by atoms with van der Waals surface area (Å²) in [5, 5.41) is 0.697. The number of hydrogen-bond acceptors (Lipinski definition) is 3. The second kappa shape index (κ2) is 3.95. The van der Waals surface area contributed by atoms with E-state index >= 15 is 0 Å². The van der Waals surface area contributed by atoms with E-state index in [0.717, 1.165) is 10.2 Å². The van der Waals surface area contributed by atoms with Gasteiger partial charge in [-0.1, -0.05) is 4.70 Å². The number of nitrogens with zero attached hydrogens (tertiary/aromatic N) is 1. The Balaban J connectivity index is 0.000000720. The Bertz CT molecular complexity index is 341. The van der Waals surface area contributed by atoms with E-state index in [-0.39, 0.29) is 18.9 Å². The number of hydrogen-bond donors (Lipinski definition) is 0. The minimum Gasteiger partial charge on any atom is -0.474 e. The van der Waals surface area contributed by atoms with Crippen LogP contribution in [-0.4, -0.2) is 12.1 Å². The summed E-state index contributed by atoms with van der Waals surface area (Å²) in [6, 6.07) is 8.82. The Labute approximate surface area is 86.7 Å². The summed E-state index contributed by atoms with van der Waals surface area (Å²) >= 11 is 1.51. The molecule has 0 amide bonds. The van der Waals surface area contributed by atoms with Gasteiger partial charge in [0.25, 0.3) is 5.19 Å². The van der Waals surface area contributed by atoms with Crippen molar-refractivity contribution in [3.63, 3.8) is 0 Å². The Morgan fingerprint density at radius 1 is 1.58 bits per heavy atom. The van der Waals surface area contributed by atoms with E-state index < -0.39 is 0 Å². The quantitative estimate of drug-likeness (QED) is 0.410. The van der Waals surface area contributed by atoms with E-state index in [4.69, 9.17) is 4.74 Å². The number of aromatic nitrogens is 1. The van der Waals surface area contributed by atoms with Crippen LogP contribution in [0.2, 0.25) is 0 Å². The van der Waals surface area contributed by atoms with Gasteiger partial charge in [0.05, 0.1) is 7.11 Å². The van der Waals surface area contributed by atoms with Gasteiger partial charge in [0.1, 0.15) is 0 Å². The van der Waals surface area contributed by atoms with Crippen molar-refractivity contribution >= 4 is 21.6 Å². The maximum absolute atomic E-state index is 4.99. The number of ether oxygens (including phenoxy) is 1. The normalized spacial score (nSPS) is 9.42. The van der Waals surface area contributed by atoms with Crippen LogP contribution in [0.3, 0.4) is 0 Å². The Kier molecular flexibility index (Phi) is 3.16. The fourth-order valence-electron chi connectivity index (χ4n) is 0.878. The molecule has 0 radical (unpaired) electrons. The molecule has 0 fully saturated rings. The minimum absolute atomic E-state index is 0. The van der Waals surface area contributed by atoms with Crippen molar-refractivity contribution in [3.05, 3.63) is 24.3 Å². The zero-order valence-electron chi connectivity index (χ0n) is 7.00. The van der Waals surface area contributed by atoms with Gasteiger partial charge in [-0.2, -0.15) is 18.2 Å². The monoisotopic (exact) mass is 171 g/mol. The van der Waals surface area contributed by atoms with E-state index in [0.29, 0.717) is 5.19 Å². The van der Waals surface area contributed by atoms with Crippen molar-refractivity contribution in [1.29, 1.82) is 0 Å².